The third-order valence-electron chi connectivity index (χ3n) is 4.28. The number of hydrogen-bond donors (Lipinski definition) is 1. The molecule has 2 heterocycles. The van der Waals surface area contributed by atoms with Crippen LogP contribution in [-0.4, -0.2) is 49.3 Å². The molecule has 1 unspecified atom stereocenters. The molecular weight excluding hydrogens is 268 g/mol. The van der Waals surface area contributed by atoms with Crippen molar-refractivity contribution in [2.75, 3.05) is 32.8 Å². The number of hydrogen-bond acceptors (Lipinski definition) is 5. The van der Waals surface area contributed by atoms with E-state index in [1.54, 1.807) is 0 Å². The fourth-order valence-corrected chi connectivity index (χ4v) is 2.92. The zero-order valence-corrected chi connectivity index (χ0v) is 12.6. The lowest BCUT2D eigenvalue weighted by molar-refractivity contribution is -0.0168. The summed E-state index contributed by atoms with van der Waals surface area (Å²) >= 11 is 0. The molecule has 3 rings (SSSR count). The highest BCUT2D eigenvalue weighted by atomic mass is 16.6. The molecule has 0 radical (unpaired) electrons. The van der Waals surface area contributed by atoms with Crippen molar-refractivity contribution in [3.05, 3.63) is 35.4 Å². The van der Waals surface area contributed by atoms with E-state index in [2.05, 4.69) is 24.1 Å². The zero-order valence-electron chi connectivity index (χ0n) is 12.6. The van der Waals surface area contributed by atoms with Gasteiger partial charge in [-0.05, 0) is 19.9 Å². The Morgan fingerprint density at radius 2 is 2.00 bits per heavy atom. The van der Waals surface area contributed by atoms with Gasteiger partial charge in [0.2, 0.25) is 0 Å². The first-order valence-corrected chi connectivity index (χ1v) is 7.44. The molecule has 5 nitrogen and oxygen atoms in total. The lowest BCUT2D eigenvalue weighted by Gasteiger charge is -2.41. The second kappa shape index (κ2) is 5.75. The van der Waals surface area contributed by atoms with E-state index in [9.17, 15) is 4.79 Å². The van der Waals surface area contributed by atoms with Crippen LogP contribution in [0.25, 0.3) is 0 Å². The standard InChI is InChI=1S/C16H22N2O3/c1-16(2,18-7-9-20-10-8-18)11-17-14-12-5-3-4-6-13(12)15(19)21-14/h3-6,14,17H,7-11H2,1-2H3. The number of esters is 1. The lowest BCUT2D eigenvalue weighted by atomic mass is 10.0. The van der Waals surface area contributed by atoms with Crippen LogP contribution in [0.5, 0.6) is 0 Å². The predicted octanol–water partition coefficient (Wildman–Crippen LogP) is 1.56. The van der Waals surface area contributed by atoms with Crippen molar-refractivity contribution in [1.29, 1.82) is 0 Å². The normalized spacial score (nSPS) is 23.0. The molecule has 1 saturated heterocycles. The molecular formula is C16H22N2O3. The Labute approximate surface area is 125 Å². The highest BCUT2D eigenvalue weighted by Crippen LogP contribution is 2.28. The minimum absolute atomic E-state index is 0.00623. The van der Waals surface area contributed by atoms with E-state index in [-0.39, 0.29) is 17.7 Å². The molecule has 0 spiro atoms. The monoisotopic (exact) mass is 290 g/mol. The summed E-state index contributed by atoms with van der Waals surface area (Å²) in [7, 11) is 0. The molecule has 0 aliphatic carbocycles. The molecule has 114 valence electrons. The molecule has 0 aromatic heterocycles. The highest BCUT2D eigenvalue weighted by molar-refractivity contribution is 5.93. The van der Waals surface area contributed by atoms with Crippen LogP contribution in [-0.2, 0) is 9.47 Å². The molecule has 0 amide bonds. The first kappa shape index (κ1) is 14.5. The van der Waals surface area contributed by atoms with E-state index < -0.39 is 0 Å². The summed E-state index contributed by atoms with van der Waals surface area (Å²) in [5, 5.41) is 3.38. The Hall–Kier alpha value is -1.43. The van der Waals surface area contributed by atoms with E-state index in [1.165, 1.54) is 0 Å². The van der Waals surface area contributed by atoms with Crippen molar-refractivity contribution < 1.29 is 14.3 Å². The van der Waals surface area contributed by atoms with Crippen molar-refractivity contribution in [2.45, 2.75) is 25.6 Å². The first-order chi connectivity index (χ1) is 10.1. The smallest absolute Gasteiger partial charge is 0.340 e. The van der Waals surface area contributed by atoms with Gasteiger partial charge in [-0.1, -0.05) is 18.2 Å². The predicted molar refractivity (Wildman–Crippen MR) is 79.1 cm³/mol. The minimum atomic E-state index is -0.339. The van der Waals surface area contributed by atoms with Crippen LogP contribution in [0.15, 0.2) is 24.3 Å². The third kappa shape index (κ3) is 2.95. The van der Waals surface area contributed by atoms with Crippen LogP contribution in [0, 0.1) is 0 Å². The molecule has 2 aliphatic rings. The molecule has 5 heteroatoms. The molecule has 1 aromatic rings. The Morgan fingerprint density at radius 3 is 2.76 bits per heavy atom. The van der Waals surface area contributed by atoms with Crippen molar-refractivity contribution >= 4 is 5.97 Å². The van der Waals surface area contributed by atoms with Gasteiger partial charge in [0.05, 0.1) is 18.8 Å². The third-order valence-corrected chi connectivity index (χ3v) is 4.28. The number of benzene rings is 1. The van der Waals surface area contributed by atoms with Crippen molar-refractivity contribution in [3.8, 4) is 0 Å². The molecule has 0 bridgehead atoms. The van der Waals surface area contributed by atoms with Gasteiger partial charge >= 0.3 is 5.97 Å². The summed E-state index contributed by atoms with van der Waals surface area (Å²) in [6.45, 7) is 8.60. The summed E-state index contributed by atoms with van der Waals surface area (Å²) in [6.07, 6.45) is -0.339. The maximum absolute atomic E-state index is 11.8. The fraction of sp³-hybridized carbons (Fsp3) is 0.562. The Balaban J connectivity index is 1.64. The van der Waals surface area contributed by atoms with E-state index in [0.29, 0.717) is 5.56 Å². The Bertz CT molecular complexity index is 524. The topological polar surface area (TPSA) is 50.8 Å². The first-order valence-electron chi connectivity index (χ1n) is 7.44. The number of fused-ring (bicyclic) bond motifs is 1. The van der Waals surface area contributed by atoms with Crippen molar-refractivity contribution in [3.63, 3.8) is 0 Å². The van der Waals surface area contributed by atoms with Crippen molar-refractivity contribution in [1.82, 2.24) is 10.2 Å². The number of nitrogens with zero attached hydrogens (tertiary/aromatic N) is 1. The number of nitrogens with one attached hydrogen (secondary N) is 1. The van der Waals surface area contributed by atoms with E-state index >= 15 is 0 Å². The number of cyclic esters (lactones) is 1. The summed E-state index contributed by atoms with van der Waals surface area (Å²) < 4.78 is 10.8. The van der Waals surface area contributed by atoms with Crippen LogP contribution in [0.3, 0.4) is 0 Å². The lowest BCUT2D eigenvalue weighted by Crippen LogP contribution is -2.55. The van der Waals surface area contributed by atoms with Gasteiger partial charge in [0.15, 0.2) is 6.23 Å². The van der Waals surface area contributed by atoms with Gasteiger partial charge in [-0.25, -0.2) is 4.79 Å². The van der Waals surface area contributed by atoms with E-state index in [4.69, 9.17) is 9.47 Å². The highest BCUT2D eigenvalue weighted by Gasteiger charge is 2.33. The number of morpholine rings is 1. The molecule has 1 fully saturated rings. The molecule has 1 aromatic carbocycles. The van der Waals surface area contributed by atoms with Crippen LogP contribution in [0.1, 0.15) is 36.0 Å². The minimum Gasteiger partial charge on any atom is -0.439 e. The van der Waals surface area contributed by atoms with Gasteiger partial charge in [-0.15, -0.1) is 0 Å². The van der Waals surface area contributed by atoms with Gasteiger partial charge < -0.3 is 9.47 Å². The van der Waals surface area contributed by atoms with Crippen LogP contribution >= 0.6 is 0 Å². The Morgan fingerprint density at radius 1 is 1.29 bits per heavy atom. The molecule has 0 saturated carbocycles. The number of ether oxygens (including phenoxy) is 2. The van der Waals surface area contributed by atoms with Crippen molar-refractivity contribution in [2.24, 2.45) is 0 Å². The number of carbonyl (C=O) groups excluding carboxylic acids is 1. The summed E-state index contributed by atoms with van der Waals surface area (Å²) in [4.78, 5) is 14.2. The molecule has 1 N–H and O–H groups in total. The summed E-state index contributed by atoms with van der Waals surface area (Å²) in [5.41, 5.74) is 1.59. The largest absolute Gasteiger partial charge is 0.439 e. The fourth-order valence-electron chi connectivity index (χ4n) is 2.92. The average Bonchev–Trinajstić information content (AvgIpc) is 2.83. The summed E-state index contributed by atoms with van der Waals surface area (Å²) in [6, 6.07) is 7.55. The molecule has 2 aliphatic heterocycles. The van der Waals surface area contributed by atoms with Gasteiger partial charge in [0.25, 0.3) is 0 Å². The van der Waals surface area contributed by atoms with Gasteiger partial charge in [-0.3, -0.25) is 10.2 Å². The average molecular weight is 290 g/mol. The van der Waals surface area contributed by atoms with Crippen LogP contribution in [0.2, 0.25) is 0 Å². The maximum Gasteiger partial charge on any atom is 0.340 e. The van der Waals surface area contributed by atoms with Gasteiger partial charge in [0, 0.05) is 30.7 Å². The number of rotatable bonds is 4. The maximum atomic E-state index is 11.8. The quantitative estimate of drug-likeness (QED) is 0.853. The Kier molecular flexibility index (Phi) is 3.97. The molecule has 21 heavy (non-hydrogen) atoms. The second-order valence-corrected chi connectivity index (χ2v) is 6.17. The van der Waals surface area contributed by atoms with Gasteiger partial charge in [-0.2, -0.15) is 0 Å². The van der Waals surface area contributed by atoms with E-state index in [0.717, 1.165) is 38.4 Å². The number of carbonyl (C=O) groups is 1. The SMILES string of the molecule is CC(C)(CNC1OC(=O)c2ccccc21)N1CCOCC1. The van der Waals surface area contributed by atoms with Crippen LogP contribution in [0.4, 0.5) is 0 Å². The van der Waals surface area contributed by atoms with Gasteiger partial charge in [0.1, 0.15) is 0 Å². The van der Waals surface area contributed by atoms with E-state index in [1.807, 2.05) is 24.3 Å². The zero-order chi connectivity index (χ0) is 14.9. The van der Waals surface area contributed by atoms with Crippen LogP contribution < -0.4 is 5.32 Å². The summed E-state index contributed by atoms with van der Waals surface area (Å²) in [5.74, 6) is -0.243. The molecule has 1 atom stereocenters. The second-order valence-electron chi connectivity index (χ2n) is 6.17.